The Kier molecular flexibility index (Phi) is 4.61. The summed E-state index contributed by atoms with van der Waals surface area (Å²) in [4.78, 5) is 2.13. The summed E-state index contributed by atoms with van der Waals surface area (Å²) in [5.74, 6) is 0.339. The van der Waals surface area contributed by atoms with Crippen LogP contribution in [-0.2, 0) is 0 Å². The molecule has 0 amide bonds. The van der Waals surface area contributed by atoms with E-state index in [2.05, 4.69) is 18.7 Å². The normalized spacial score (nSPS) is 29.6. The van der Waals surface area contributed by atoms with E-state index < -0.39 is 5.60 Å². The molecule has 2 unspecified atom stereocenters. The highest BCUT2D eigenvalue weighted by molar-refractivity contribution is 4.86. The maximum Gasteiger partial charge on any atom is 0.0718 e. The summed E-state index contributed by atoms with van der Waals surface area (Å²) in [6.45, 7) is 9.73. The Labute approximate surface area is 106 Å². The molecule has 17 heavy (non-hydrogen) atoms. The minimum atomic E-state index is -0.663. The monoisotopic (exact) mass is 243 g/mol. The first-order chi connectivity index (χ1) is 7.59. The molecule has 0 spiro atoms. The first-order valence-electron chi connectivity index (χ1n) is 6.68. The van der Waals surface area contributed by atoms with Gasteiger partial charge < -0.3 is 15.1 Å². The summed E-state index contributed by atoms with van der Waals surface area (Å²) in [7, 11) is 2.02. The summed E-state index contributed by atoms with van der Waals surface area (Å²) < 4.78 is 0. The van der Waals surface area contributed by atoms with E-state index >= 15 is 0 Å². The van der Waals surface area contributed by atoms with Crippen LogP contribution in [0.5, 0.6) is 0 Å². The molecular formula is C14H29NO2. The lowest BCUT2D eigenvalue weighted by molar-refractivity contribution is -0.00954. The van der Waals surface area contributed by atoms with Crippen molar-refractivity contribution >= 4 is 0 Å². The van der Waals surface area contributed by atoms with Crippen molar-refractivity contribution in [2.45, 2.75) is 58.7 Å². The topological polar surface area (TPSA) is 43.7 Å². The van der Waals surface area contributed by atoms with Gasteiger partial charge in [0.25, 0.3) is 0 Å². The summed E-state index contributed by atoms with van der Waals surface area (Å²) in [5, 5.41) is 19.8. The van der Waals surface area contributed by atoms with Gasteiger partial charge in [0, 0.05) is 13.1 Å². The molecule has 0 heterocycles. The standard InChI is InChI=1S/C14H29NO2/c1-13(2)7-6-12(16)11(8-13)9-15(5)10-14(3,4)17/h11-12,16-17H,6-10H2,1-5H3. The average Bonchev–Trinajstić information content (AvgIpc) is 2.07. The van der Waals surface area contributed by atoms with Gasteiger partial charge >= 0.3 is 0 Å². The summed E-state index contributed by atoms with van der Waals surface area (Å²) >= 11 is 0. The molecule has 1 rings (SSSR count). The molecule has 1 aliphatic carbocycles. The van der Waals surface area contributed by atoms with Gasteiger partial charge in [-0.25, -0.2) is 0 Å². The van der Waals surface area contributed by atoms with Crippen LogP contribution in [0.25, 0.3) is 0 Å². The minimum absolute atomic E-state index is 0.174. The second-order valence-electron chi connectivity index (χ2n) is 7.24. The number of likely N-dealkylation sites (N-methyl/N-ethyl adjacent to an activating group) is 1. The third-order valence-corrected chi connectivity index (χ3v) is 3.68. The van der Waals surface area contributed by atoms with Crippen molar-refractivity contribution in [2.75, 3.05) is 20.1 Å². The van der Waals surface area contributed by atoms with Gasteiger partial charge in [0.15, 0.2) is 0 Å². The molecule has 0 saturated heterocycles. The van der Waals surface area contributed by atoms with E-state index in [4.69, 9.17) is 0 Å². The zero-order valence-electron chi connectivity index (χ0n) is 12.0. The first kappa shape index (κ1) is 14.9. The van der Waals surface area contributed by atoms with Crippen LogP contribution in [0, 0.1) is 11.3 Å². The molecule has 3 heteroatoms. The number of hydrogen-bond acceptors (Lipinski definition) is 3. The van der Waals surface area contributed by atoms with Gasteiger partial charge in [0.2, 0.25) is 0 Å². The fourth-order valence-corrected chi connectivity index (χ4v) is 3.03. The molecule has 2 atom stereocenters. The minimum Gasteiger partial charge on any atom is -0.393 e. The van der Waals surface area contributed by atoms with Gasteiger partial charge in [-0.15, -0.1) is 0 Å². The third-order valence-electron chi connectivity index (χ3n) is 3.68. The second kappa shape index (κ2) is 5.25. The molecule has 102 valence electrons. The number of rotatable bonds is 4. The molecular weight excluding hydrogens is 214 g/mol. The van der Waals surface area contributed by atoms with Crippen molar-refractivity contribution in [2.24, 2.45) is 11.3 Å². The van der Waals surface area contributed by atoms with Gasteiger partial charge in [-0.2, -0.15) is 0 Å². The zero-order valence-corrected chi connectivity index (χ0v) is 12.0. The van der Waals surface area contributed by atoms with Gasteiger partial charge in [0.1, 0.15) is 0 Å². The Bertz CT molecular complexity index is 245. The van der Waals surface area contributed by atoms with Crippen LogP contribution in [0.4, 0.5) is 0 Å². The van der Waals surface area contributed by atoms with Crippen LogP contribution < -0.4 is 0 Å². The highest BCUT2D eigenvalue weighted by Crippen LogP contribution is 2.38. The van der Waals surface area contributed by atoms with E-state index in [0.29, 0.717) is 17.9 Å². The molecule has 1 saturated carbocycles. The maximum absolute atomic E-state index is 10.1. The first-order valence-corrected chi connectivity index (χ1v) is 6.68. The Hall–Kier alpha value is -0.120. The average molecular weight is 243 g/mol. The molecule has 3 nitrogen and oxygen atoms in total. The molecule has 0 aliphatic heterocycles. The largest absolute Gasteiger partial charge is 0.393 e. The fourth-order valence-electron chi connectivity index (χ4n) is 3.03. The van der Waals surface area contributed by atoms with Gasteiger partial charge in [-0.1, -0.05) is 13.8 Å². The van der Waals surface area contributed by atoms with Crippen molar-refractivity contribution in [1.29, 1.82) is 0 Å². The molecule has 1 aliphatic rings. The SMILES string of the molecule is CN(CC1CC(C)(C)CCC1O)CC(C)(C)O. The van der Waals surface area contributed by atoms with E-state index in [-0.39, 0.29) is 6.10 Å². The predicted octanol–water partition coefficient (Wildman–Crippen LogP) is 1.88. The van der Waals surface area contributed by atoms with Gasteiger partial charge in [0.05, 0.1) is 11.7 Å². The smallest absolute Gasteiger partial charge is 0.0718 e. The molecule has 0 bridgehead atoms. The van der Waals surface area contributed by atoms with Crippen LogP contribution in [0.2, 0.25) is 0 Å². The van der Waals surface area contributed by atoms with Crippen LogP contribution >= 0.6 is 0 Å². The highest BCUT2D eigenvalue weighted by atomic mass is 16.3. The Morgan fingerprint density at radius 3 is 2.47 bits per heavy atom. The fraction of sp³-hybridized carbons (Fsp3) is 1.00. The van der Waals surface area contributed by atoms with Crippen molar-refractivity contribution in [1.82, 2.24) is 4.90 Å². The van der Waals surface area contributed by atoms with Crippen molar-refractivity contribution in [3.63, 3.8) is 0 Å². The molecule has 0 aromatic heterocycles. The van der Waals surface area contributed by atoms with E-state index in [1.54, 1.807) is 0 Å². The highest BCUT2D eigenvalue weighted by Gasteiger charge is 2.34. The molecule has 0 radical (unpaired) electrons. The Morgan fingerprint density at radius 1 is 1.35 bits per heavy atom. The third kappa shape index (κ3) is 5.36. The number of aliphatic hydroxyl groups excluding tert-OH is 1. The quantitative estimate of drug-likeness (QED) is 0.792. The van der Waals surface area contributed by atoms with Crippen LogP contribution in [-0.4, -0.2) is 47.0 Å². The predicted molar refractivity (Wildman–Crippen MR) is 70.9 cm³/mol. The number of hydrogen-bond donors (Lipinski definition) is 2. The van der Waals surface area contributed by atoms with Crippen molar-refractivity contribution in [3.05, 3.63) is 0 Å². The Morgan fingerprint density at radius 2 is 1.94 bits per heavy atom. The molecule has 0 aromatic carbocycles. The lowest BCUT2D eigenvalue weighted by atomic mass is 9.71. The Balaban J connectivity index is 2.49. The zero-order chi connectivity index (χ0) is 13.3. The van der Waals surface area contributed by atoms with Crippen molar-refractivity contribution in [3.8, 4) is 0 Å². The molecule has 1 fully saturated rings. The van der Waals surface area contributed by atoms with Crippen LogP contribution in [0.15, 0.2) is 0 Å². The second-order valence-corrected chi connectivity index (χ2v) is 7.24. The van der Waals surface area contributed by atoms with E-state index in [1.165, 1.54) is 0 Å². The summed E-state index contributed by atoms with van der Waals surface area (Å²) in [5.41, 5.74) is -0.316. The lowest BCUT2D eigenvalue weighted by Gasteiger charge is -2.40. The molecule has 0 aromatic rings. The number of nitrogens with zero attached hydrogens (tertiary/aromatic N) is 1. The lowest BCUT2D eigenvalue weighted by Crippen LogP contribution is -2.44. The van der Waals surface area contributed by atoms with Gasteiger partial charge in [-0.3, -0.25) is 0 Å². The van der Waals surface area contributed by atoms with E-state index in [0.717, 1.165) is 25.8 Å². The molecule has 2 N–H and O–H groups in total. The van der Waals surface area contributed by atoms with Crippen LogP contribution in [0.1, 0.15) is 47.0 Å². The van der Waals surface area contributed by atoms with E-state index in [9.17, 15) is 10.2 Å². The van der Waals surface area contributed by atoms with E-state index in [1.807, 2.05) is 20.9 Å². The van der Waals surface area contributed by atoms with Crippen LogP contribution in [0.3, 0.4) is 0 Å². The maximum atomic E-state index is 10.1. The van der Waals surface area contributed by atoms with Crippen molar-refractivity contribution < 1.29 is 10.2 Å². The summed E-state index contributed by atoms with van der Waals surface area (Å²) in [6.07, 6.45) is 2.92. The summed E-state index contributed by atoms with van der Waals surface area (Å²) in [6, 6.07) is 0. The number of aliphatic hydroxyl groups is 2. The van der Waals surface area contributed by atoms with Gasteiger partial charge in [-0.05, 0) is 51.5 Å².